The molecule has 0 aliphatic rings. The van der Waals surface area contributed by atoms with E-state index in [9.17, 15) is 4.79 Å². The van der Waals surface area contributed by atoms with Gasteiger partial charge in [-0.15, -0.1) is 0 Å². The molecule has 3 nitrogen and oxygen atoms in total. The van der Waals surface area contributed by atoms with Crippen molar-refractivity contribution in [3.63, 3.8) is 0 Å². The number of carbonyl (C=O) groups is 1. The number of carbonyl (C=O) groups excluding carboxylic acids is 1. The van der Waals surface area contributed by atoms with Gasteiger partial charge in [-0.3, -0.25) is 9.78 Å². The van der Waals surface area contributed by atoms with Crippen LogP contribution in [0.5, 0.6) is 0 Å². The van der Waals surface area contributed by atoms with Crippen molar-refractivity contribution in [2.75, 3.05) is 5.32 Å². The molecule has 1 N–H and O–H groups in total. The van der Waals surface area contributed by atoms with Crippen molar-refractivity contribution in [1.82, 2.24) is 4.98 Å². The number of rotatable bonds is 2. The third-order valence-electron chi connectivity index (χ3n) is 3.27. The molecule has 110 valence electrons. The molecule has 0 unspecified atom stereocenters. The molecule has 0 fully saturated rings. The minimum Gasteiger partial charge on any atom is -0.322 e. The average Bonchev–Trinajstić information content (AvgIpc) is 2.39. The first-order valence-corrected chi connectivity index (χ1v) is 7.18. The molecular formula is C17H19ClN2O. The van der Waals surface area contributed by atoms with E-state index in [4.69, 9.17) is 11.6 Å². The monoisotopic (exact) mass is 302 g/mol. The van der Waals surface area contributed by atoms with Gasteiger partial charge < -0.3 is 5.32 Å². The number of nitrogens with zero attached hydrogens (tertiary/aromatic N) is 1. The van der Waals surface area contributed by atoms with Crippen molar-refractivity contribution in [2.24, 2.45) is 0 Å². The van der Waals surface area contributed by atoms with Crippen molar-refractivity contribution >= 4 is 23.2 Å². The van der Waals surface area contributed by atoms with Crippen LogP contribution < -0.4 is 5.32 Å². The van der Waals surface area contributed by atoms with Gasteiger partial charge in [-0.2, -0.15) is 0 Å². The van der Waals surface area contributed by atoms with E-state index in [2.05, 4.69) is 38.0 Å². The van der Waals surface area contributed by atoms with Crippen LogP contribution in [0, 0.1) is 6.92 Å². The Morgan fingerprint density at radius 1 is 1.19 bits per heavy atom. The lowest BCUT2D eigenvalue weighted by atomic mass is 9.84. The van der Waals surface area contributed by atoms with Gasteiger partial charge in [0.1, 0.15) is 0 Å². The molecule has 1 aromatic carbocycles. The quantitative estimate of drug-likeness (QED) is 0.881. The van der Waals surface area contributed by atoms with Gasteiger partial charge in [-0.05, 0) is 41.7 Å². The van der Waals surface area contributed by atoms with Crippen LogP contribution in [-0.4, -0.2) is 10.9 Å². The Balaban J connectivity index is 2.26. The zero-order valence-corrected chi connectivity index (χ0v) is 13.5. The number of halogens is 1. The zero-order valence-electron chi connectivity index (χ0n) is 12.7. The van der Waals surface area contributed by atoms with Crippen molar-refractivity contribution < 1.29 is 4.79 Å². The fraction of sp³-hybridized carbons (Fsp3) is 0.294. The Kier molecular flexibility index (Phi) is 4.33. The zero-order chi connectivity index (χ0) is 15.6. The van der Waals surface area contributed by atoms with E-state index in [-0.39, 0.29) is 11.3 Å². The average molecular weight is 303 g/mol. The molecule has 0 atom stereocenters. The normalized spacial score (nSPS) is 11.3. The lowest BCUT2D eigenvalue weighted by Gasteiger charge is -2.22. The Morgan fingerprint density at radius 2 is 1.90 bits per heavy atom. The first kappa shape index (κ1) is 15.5. The molecule has 0 aliphatic carbocycles. The highest BCUT2D eigenvalue weighted by molar-refractivity contribution is 6.30. The molecule has 1 heterocycles. The number of aromatic nitrogens is 1. The Bertz CT molecular complexity index is 675. The highest BCUT2D eigenvalue weighted by Gasteiger charge is 2.17. The highest BCUT2D eigenvalue weighted by atomic mass is 35.5. The molecule has 4 heteroatoms. The smallest absolute Gasteiger partial charge is 0.257 e. The number of hydrogen-bond donors (Lipinski definition) is 1. The first-order chi connectivity index (χ1) is 9.77. The van der Waals surface area contributed by atoms with E-state index < -0.39 is 0 Å². The maximum absolute atomic E-state index is 12.2. The molecule has 2 aromatic rings. The third kappa shape index (κ3) is 3.82. The summed E-state index contributed by atoms with van der Waals surface area (Å²) in [6.45, 7) is 8.54. The summed E-state index contributed by atoms with van der Waals surface area (Å²) >= 11 is 5.86. The minimum absolute atomic E-state index is 0.0302. The Morgan fingerprint density at radius 3 is 2.52 bits per heavy atom. The molecular weight excluding hydrogens is 284 g/mol. The van der Waals surface area contributed by atoms with E-state index >= 15 is 0 Å². The van der Waals surface area contributed by atoms with Gasteiger partial charge in [0.15, 0.2) is 0 Å². The van der Waals surface area contributed by atoms with Gasteiger partial charge in [0, 0.05) is 18.1 Å². The summed E-state index contributed by atoms with van der Waals surface area (Å²) in [5.41, 5.74) is 3.67. The van der Waals surface area contributed by atoms with Gasteiger partial charge in [0.05, 0.1) is 10.6 Å². The van der Waals surface area contributed by atoms with Crippen LogP contribution in [0.1, 0.15) is 42.3 Å². The van der Waals surface area contributed by atoms with E-state index in [1.807, 2.05) is 18.2 Å². The Labute approximate surface area is 130 Å². The second-order valence-electron chi connectivity index (χ2n) is 6.13. The van der Waals surface area contributed by atoms with Crippen molar-refractivity contribution in [3.05, 3.63) is 58.4 Å². The van der Waals surface area contributed by atoms with Gasteiger partial charge in [0.2, 0.25) is 0 Å². The fourth-order valence-corrected chi connectivity index (χ4v) is 2.42. The Hall–Kier alpha value is -1.87. The molecule has 21 heavy (non-hydrogen) atoms. The number of hydrogen-bond acceptors (Lipinski definition) is 2. The lowest BCUT2D eigenvalue weighted by Crippen LogP contribution is -2.16. The van der Waals surface area contributed by atoms with Gasteiger partial charge in [-0.1, -0.05) is 38.4 Å². The van der Waals surface area contributed by atoms with Crippen LogP contribution in [0.4, 0.5) is 5.69 Å². The summed E-state index contributed by atoms with van der Waals surface area (Å²) in [7, 11) is 0. The van der Waals surface area contributed by atoms with Gasteiger partial charge in [-0.25, -0.2) is 0 Å². The SMILES string of the molecule is Cc1ccc(NC(=O)c2cncc(Cl)c2)cc1C(C)(C)C. The van der Waals surface area contributed by atoms with Crippen LogP contribution >= 0.6 is 11.6 Å². The first-order valence-electron chi connectivity index (χ1n) is 6.80. The number of pyridine rings is 1. The number of benzene rings is 1. The predicted molar refractivity (Wildman–Crippen MR) is 87.1 cm³/mol. The third-order valence-corrected chi connectivity index (χ3v) is 3.48. The number of anilines is 1. The number of nitrogens with one attached hydrogen (secondary N) is 1. The number of amides is 1. The van der Waals surface area contributed by atoms with E-state index in [1.54, 1.807) is 6.07 Å². The second kappa shape index (κ2) is 5.86. The van der Waals surface area contributed by atoms with E-state index in [1.165, 1.54) is 23.5 Å². The van der Waals surface area contributed by atoms with Crippen LogP contribution in [0.2, 0.25) is 5.02 Å². The molecule has 0 spiro atoms. The van der Waals surface area contributed by atoms with Crippen LogP contribution in [-0.2, 0) is 5.41 Å². The summed E-state index contributed by atoms with van der Waals surface area (Å²) in [5.74, 6) is -0.214. The topological polar surface area (TPSA) is 42.0 Å². The highest BCUT2D eigenvalue weighted by Crippen LogP contribution is 2.28. The minimum atomic E-state index is -0.214. The summed E-state index contributed by atoms with van der Waals surface area (Å²) in [6, 6.07) is 7.54. The van der Waals surface area contributed by atoms with Crippen molar-refractivity contribution in [1.29, 1.82) is 0 Å². The van der Waals surface area contributed by atoms with Crippen molar-refractivity contribution in [2.45, 2.75) is 33.1 Å². The van der Waals surface area contributed by atoms with Gasteiger partial charge in [0.25, 0.3) is 5.91 Å². The van der Waals surface area contributed by atoms with Crippen molar-refractivity contribution in [3.8, 4) is 0 Å². The van der Waals surface area contributed by atoms with Crippen LogP contribution in [0.15, 0.2) is 36.7 Å². The molecule has 1 aromatic heterocycles. The maximum Gasteiger partial charge on any atom is 0.257 e. The fourth-order valence-electron chi connectivity index (χ4n) is 2.25. The summed E-state index contributed by atoms with van der Waals surface area (Å²) in [4.78, 5) is 16.1. The molecule has 0 aliphatic heterocycles. The van der Waals surface area contributed by atoms with Crippen LogP contribution in [0.3, 0.4) is 0 Å². The van der Waals surface area contributed by atoms with Crippen LogP contribution in [0.25, 0.3) is 0 Å². The lowest BCUT2D eigenvalue weighted by molar-refractivity contribution is 0.102. The molecule has 2 rings (SSSR count). The molecule has 0 radical (unpaired) electrons. The van der Waals surface area contributed by atoms with Gasteiger partial charge >= 0.3 is 0 Å². The summed E-state index contributed by atoms with van der Waals surface area (Å²) in [6.07, 6.45) is 3.00. The predicted octanol–water partition coefficient (Wildman–Crippen LogP) is 4.59. The molecule has 0 saturated carbocycles. The maximum atomic E-state index is 12.2. The van der Waals surface area contributed by atoms with E-state index in [0.717, 1.165) is 5.69 Å². The second-order valence-corrected chi connectivity index (χ2v) is 6.56. The largest absolute Gasteiger partial charge is 0.322 e. The summed E-state index contributed by atoms with van der Waals surface area (Å²) < 4.78 is 0. The summed E-state index contributed by atoms with van der Waals surface area (Å²) in [5, 5.41) is 3.33. The molecule has 0 saturated heterocycles. The molecule has 0 bridgehead atoms. The number of aryl methyl sites for hydroxylation is 1. The standard InChI is InChI=1S/C17H19ClN2O/c1-11-5-6-14(8-15(11)17(2,3)4)20-16(21)12-7-13(18)10-19-9-12/h5-10H,1-4H3,(H,20,21). The molecule has 1 amide bonds. The van der Waals surface area contributed by atoms with E-state index in [0.29, 0.717) is 10.6 Å².